The van der Waals surface area contributed by atoms with Crippen LogP contribution in [0.5, 0.6) is 0 Å². The van der Waals surface area contributed by atoms with Gasteiger partial charge in [-0.1, -0.05) is 32.9 Å². The normalized spacial score (nSPS) is 19.2. The van der Waals surface area contributed by atoms with Gasteiger partial charge in [-0.3, -0.25) is 14.4 Å². The molecule has 4 rings (SSSR count). The zero-order valence-corrected chi connectivity index (χ0v) is 21.6. The standard InChI is InChI=1S/C27H32ClN3O5/c1-4-5-22(32)30-19-10-11-21-20(12-19)24(26-35-15-27(2,3)16-36-26)25(34)31(21)14-17-6-8-18(9-7-17)29-23(33)13-28/h6-12,24,26H,4-5,13-16H2,1-3H3,(H,29,33)(H,30,32). The number of ether oxygens (including phenoxy) is 2. The topological polar surface area (TPSA) is 97.0 Å². The van der Waals surface area contributed by atoms with Gasteiger partial charge in [-0.2, -0.15) is 0 Å². The number of alkyl halides is 1. The number of amides is 3. The van der Waals surface area contributed by atoms with Crippen LogP contribution in [0.3, 0.4) is 0 Å². The number of fused-ring (bicyclic) bond motifs is 1. The van der Waals surface area contributed by atoms with Crippen molar-refractivity contribution in [2.75, 3.05) is 34.6 Å². The summed E-state index contributed by atoms with van der Waals surface area (Å²) in [6.45, 7) is 7.37. The highest BCUT2D eigenvalue weighted by atomic mass is 35.5. The second-order valence-corrected chi connectivity index (χ2v) is 10.3. The van der Waals surface area contributed by atoms with Gasteiger partial charge in [0.25, 0.3) is 0 Å². The van der Waals surface area contributed by atoms with Crippen LogP contribution in [0.2, 0.25) is 0 Å². The molecule has 0 spiro atoms. The van der Waals surface area contributed by atoms with Crippen molar-refractivity contribution in [3.05, 3.63) is 53.6 Å². The largest absolute Gasteiger partial charge is 0.351 e. The van der Waals surface area contributed by atoms with E-state index in [2.05, 4.69) is 24.5 Å². The van der Waals surface area contributed by atoms with E-state index in [0.717, 1.165) is 23.2 Å². The minimum atomic E-state index is -0.705. The summed E-state index contributed by atoms with van der Waals surface area (Å²) in [5.41, 5.74) is 3.57. The van der Waals surface area contributed by atoms with E-state index in [1.54, 1.807) is 17.0 Å². The maximum atomic E-state index is 13.7. The number of rotatable bonds is 8. The number of hydrogen-bond acceptors (Lipinski definition) is 5. The third-order valence-corrected chi connectivity index (χ3v) is 6.44. The molecule has 0 saturated carbocycles. The Labute approximate surface area is 216 Å². The van der Waals surface area contributed by atoms with Crippen LogP contribution < -0.4 is 15.5 Å². The number of halogens is 1. The van der Waals surface area contributed by atoms with Crippen molar-refractivity contribution in [2.24, 2.45) is 5.41 Å². The van der Waals surface area contributed by atoms with Gasteiger partial charge in [0, 0.05) is 28.9 Å². The third kappa shape index (κ3) is 5.88. The van der Waals surface area contributed by atoms with E-state index in [4.69, 9.17) is 21.1 Å². The van der Waals surface area contributed by atoms with Crippen LogP contribution in [0.1, 0.15) is 50.7 Å². The average molecular weight is 514 g/mol. The van der Waals surface area contributed by atoms with E-state index < -0.39 is 12.2 Å². The predicted octanol–water partition coefficient (Wildman–Crippen LogP) is 4.63. The maximum Gasteiger partial charge on any atom is 0.240 e. The molecule has 0 aromatic heterocycles. The quantitative estimate of drug-likeness (QED) is 0.501. The van der Waals surface area contributed by atoms with Crippen LogP contribution in [-0.2, 0) is 30.4 Å². The molecule has 36 heavy (non-hydrogen) atoms. The summed E-state index contributed by atoms with van der Waals surface area (Å²) in [6, 6.07) is 12.8. The molecule has 2 aromatic rings. The average Bonchev–Trinajstić information content (AvgIpc) is 3.11. The van der Waals surface area contributed by atoms with E-state index in [9.17, 15) is 14.4 Å². The Bertz CT molecular complexity index is 1120. The Balaban J connectivity index is 1.60. The summed E-state index contributed by atoms with van der Waals surface area (Å²) in [6.07, 6.45) is 0.472. The molecule has 2 N–H and O–H groups in total. The molecule has 8 nitrogen and oxygen atoms in total. The van der Waals surface area contributed by atoms with E-state index in [1.165, 1.54) is 0 Å². The SMILES string of the molecule is CCCC(=O)Nc1ccc2c(c1)C(C1OCC(C)(C)CO1)C(=O)N2Cc1ccc(NC(=O)CCl)cc1. The van der Waals surface area contributed by atoms with Crippen molar-refractivity contribution in [1.29, 1.82) is 0 Å². The smallest absolute Gasteiger partial charge is 0.240 e. The summed E-state index contributed by atoms with van der Waals surface area (Å²) in [5, 5.41) is 5.63. The van der Waals surface area contributed by atoms with Gasteiger partial charge in [-0.25, -0.2) is 0 Å². The van der Waals surface area contributed by atoms with E-state index >= 15 is 0 Å². The van der Waals surface area contributed by atoms with Crippen LogP contribution >= 0.6 is 11.6 Å². The van der Waals surface area contributed by atoms with Crippen molar-refractivity contribution < 1.29 is 23.9 Å². The highest BCUT2D eigenvalue weighted by Crippen LogP contribution is 2.44. The fraction of sp³-hybridized carbons (Fsp3) is 0.444. The monoisotopic (exact) mass is 513 g/mol. The van der Waals surface area contributed by atoms with Crippen molar-refractivity contribution in [1.82, 2.24) is 0 Å². The number of nitrogens with zero attached hydrogens (tertiary/aromatic N) is 1. The molecule has 2 aromatic carbocycles. The van der Waals surface area contributed by atoms with E-state index in [0.29, 0.717) is 37.6 Å². The minimum Gasteiger partial charge on any atom is -0.351 e. The summed E-state index contributed by atoms with van der Waals surface area (Å²) < 4.78 is 12.0. The number of nitrogens with one attached hydrogen (secondary N) is 2. The van der Waals surface area contributed by atoms with E-state index in [1.807, 2.05) is 37.3 Å². The van der Waals surface area contributed by atoms with Gasteiger partial charge in [0.1, 0.15) is 11.8 Å². The van der Waals surface area contributed by atoms with Crippen molar-refractivity contribution in [3.8, 4) is 0 Å². The number of benzene rings is 2. The Morgan fingerprint density at radius 2 is 1.67 bits per heavy atom. The van der Waals surface area contributed by atoms with Gasteiger partial charge in [-0.15, -0.1) is 11.6 Å². The van der Waals surface area contributed by atoms with Gasteiger partial charge in [0.15, 0.2) is 6.29 Å². The highest BCUT2D eigenvalue weighted by molar-refractivity contribution is 6.29. The molecule has 1 fully saturated rings. The first-order valence-electron chi connectivity index (χ1n) is 12.1. The number of anilines is 3. The number of carbonyl (C=O) groups is 3. The Kier molecular flexibility index (Phi) is 7.97. The lowest BCUT2D eigenvalue weighted by atomic mass is 9.93. The number of hydrogen-bond donors (Lipinski definition) is 2. The molecule has 9 heteroatoms. The molecule has 2 aliphatic rings. The van der Waals surface area contributed by atoms with Gasteiger partial charge in [0.05, 0.1) is 19.8 Å². The van der Waals surface area contributed by atoms with Crippen molar-refractivity contribution in [3.63, 3.8) is 0 Å². The summed E-state index contributed by atoms with van der Waals surface area (Å²) in [4.78, 5) is 39.2. The zero-order chi connectivity index (χ0) is 25.9. The summed E-state index contributed by atoms with van der Waals surface area (Å²) >= 11 is 5.56. The molecule has 0 radical (unpaired) electrons. The van der Waals surface area contributed by atoms with Crippen molar-refractivity contribution >= 4 is 46.4 Å². The first-order valence-corrected chi connectivity index (χ1v) is 12.7. The first kappa shape index (κ1) is 26.1. The fourth-order valence-electron chi connectivity index (χ4n) is 4.39. The van der Waals surface area contributed by atoms with Crippen LogP contribution in [0.4, 0.5) is 17.1 Å². The lowest BCUT2D eigenvalue weighted by Gasteiger charge is -2.36. The van der Waals surface area contributed by atoms with Crippen molar-refractivity contribution in [2.45, 2.75) is 52.4 Å². The van der Waals surface area contributed by atoms with Crippen LogP contribution in [0.15, 0.2) is 42.5 Å². The van der Waals surface area contributed by atoms with Crippen LogP contribution in [0.25, 0.3) is 0 Å². The van der Waals surface area contributed by atoms with E-state index in [-0.39, 0.29) is 29.0 Å². The predicted molar refractivity (Wildman–Crippen MR) is 139 cm³/mol. The molecule has 0 bridgehead atoms. The van der Waals surface area contributed by atoms with Gasteiger partial charge >= 0.3 is 0 Å². The first-order chi connectivity index (χ1) is 17.2. The molecule has 1 saturated heterocycles. The fourth-order valence-corrected chi connectivity index (χ4v) is 4.46. The second kappa shape index (κ2) is 11.0. The Hall–Kier alpha value is -2.94. The molecule has 2 aliphatic heterocycles. The lowest BCUT2D eigenvalue weighted by molar-refractivity contribution is -0.229. The molecule has 1 atom stereocenters. The Morgan fingerprint density at radius 3 is 2.31 bits per heavy atom. The van der Waals surface area contributed by atoms with Gasteiger partial charge in [-0.05, 0) is 47.9 Å². The third-order valence-electron chi connectivity index (χ3n) is 6.19. The van der Waals surface area contributed by atoms with Crippen LogP contribution in [-0.4, -0.2) is 43.1 Å². The lowest BCUT2D eigenvalue weighted by Crippen LogP contribution is -2.43. The molecule has 2 heterocycles. The molecule has 1 unspecified atom stereocenters. The van der Waals surface area contributed by atoms with Crippen LogP contribution in [0, 0.1) is 5.41 Å². The Morgan fingerprint density at radius 1 is 1.03 bits per heavy atom. The molecule has 192 valence electrons. The molecule has 0 aliphatic carbocycles. The maximum absolute atomic E-state index is 13.7. The number of carbonyl (C=O) groups excluding carboxylic acids is 3. The minimum absolute atomic E-state index is 0.0663. The second-order valence-electron chi connectivity index (χ2n) is 10.0. The summed E-state index contributed by atoms with van der Waals surface area (Å²) in [5.74, 6) is -1.23. The summed E-state index contributed by atoms with van der Waals surface area (Å²) in [7, 11) is 0. The molecule has 3 amide bonds. The highest BCUT2D eigenvalue weighted by Gasteiger charge is 2.45. The molecular formula is C27H32ClN3O5. The van der Waals surface area contributed by atoms with Gasteiger partial charge < -0.3 is 25.0 Å². The van der Waals surface area contributed by atoms with Gasteiger partial charge in [0.2, 0.25) is 17.7 Å². The zero-order valence-electron chi connectivity index (χ0n) is 20.8. The molecular weight excluding hydrogens is 482 g/mol.